The smallest absolute Gasteiger partial charge is 0.223 e. The van der Waals surface area contributed by atoms with Gasteiger partial charge in [-0.1, -0.05) is 6.07 Å². The quantitative estimate of drug-likeness (QED) is 0.766. The topological polar surface area (TPSA) is 107 Å². The van der Waals surface area contributed by atoms with Crippen LogP contribution in [0.3, 0.4) is 0 Å². The third-order valence-electron chi connectivity index (χ3n) is 6.16. The zero-order valence-corrected chi connectivity index (χ0v) is 17.6. The van der Waals surface area contributed by atoms with Gasteiger partial charge in [0.2, 0.25) is 17.6 Å². The minimum Gasteiger partial charge on any atom is -0.493 e. The van der Waals surface area contributed by atoms with Gasteiger partial charge in [0.05, 0.1) is 31.1 Å². The molecule has 0 amide bonds. The van der Waals surface area contributed by atoms with Gasteiger partial charge in [0.25, 0.3) is 0 Å². The Kier molecular flexibility index (Phi) is 5.43. The summed E-state index contributed by atoms with van der Waals surface area (Å²) in [6.07, 6.45) is 2.09. The summed E-state index contributed by atoms with van der Waals surface area (Å²) >= 11 is 0. The lowest BCUT2D eigenvalue weighted by Crippen LogP contribution is -2.36. The largest absolute Gasteiger partial charge is 0.493 e. The van der Waals surface area contributed by atoms with Gasteiger partial charge in [-0.25, -0.2) is 4.98 Å². The average Bonchev–Trinajstić information content (AvgIpc) is 3.27. The van der Waals surface area contributed by atoms with Crippen molar-refractivity contribution in [3.63, 3.8) is 0 Å². The molecule has 1 spiro atoms. The molecule has 2 N–H and O–H groups in total. The molecule has 0 atom stereocenters. The number of hydrogen-bond acceptors (Lipinski definition) is 9. The van der Waals surface area contributed by atoms with Gasteiger partial charge < -0.3 is 34.2 Å². The predicted molar refractivity (Wildman–Crippen MR) is 110 cm³/mol. The van der Waals surface area contributed by atoms with Gasteiger partial charge in [-0.05, 0) is 17.7 Å². The molecule has 5 rings (SSSR count). The Morgan fingerprint density at radius 2 is 1.81 bits per heavy atom. The summed E-state index contributed by atoms with van der Waals surface area (Å²) in [6, 6.07) is 7.73. The monoisotopic (exact) mass is 429 g/mol. The van der Waals surface area contributed by atoms with Crippen molar-refractivity contribution in [3.05, 3.63) is 41.1 Å². The van der Waals surface area contributed by atoms with Gasteiger partial charge in [0.15, 0.2) is 0 Å². The van der Waals surface area contributed by atoms with E-state index in [1.165, 1.54) is 0 Å². The summed E-state index contributed by atoms with van der Waals surface area (Å²) in [5.41, 5.74) is 8.02. The maximum absolute atomic E-state index is 5.97. The van der Waals surface area contributed by atoms with Crippen molar-refractivity contribution in [1.29, 1.82) is 0 Å². The van der Waals surface area contributed by atoms with E-state index in [1.54, 1.807) is 13.2 Å². The van der Waals surface area contributed by atoms with E-state index in [4.69, 9.17) is 34.2 Å². The van der Waals surface area contributed by atoms with Crippen LogP contribution in [0.5, 0.6) is 11.6 Å². The Balaban J connectivity index is 1.34. The number of nitrogen functional groups attached to an aromatic ring is 1. The number of benzene rings is 1. The molecule has 0 bridgehead atoms. The first-order valence-corrected chi connectivity index (χ1v) is 10.6. The Bertz CT molecular complexity index is 941. The number of anilines is 1. The third-order valence-corrected chi connectivity index (χ3v) is 6.16. The summed E-state index contributed by atoms with van der Waals surface area (Å²) in [6.45, 7) is 3.26. The maximum Gasteiger partial charge on any atom is 0.223 e. The van der Waals surface area contributed by atoms with E-state index in [0.29, 0.717) is 70.5 Å². The highest BCUT2D eigenvalue weighted by Gasteiger charge is 2.43. The van der Waals surface area contributed by atoms with Gasteiger partial charge in [0, 0.05) is 45.7 Å². The molecule has 0 aliphatic carbocycles. The number of nitrogens with two attached hydrogens (primary N) is 1. The number of fused-ring (bicyclic) bond motifs is 2. The van der Waals surface area contributed by atoms with E-state index < -0.39 is 11.4 Å². The lowest BCUT2D eigenvalue weighted by molar-refractivity contribution is -0.183. The normalized spacial score (nSPS) is 21.5. The molecular formula is C22H27N3O6. The summed E-state index contributed by atoms with van der Waals surface area (Å²) in [5, 5.41) is 0. The van der Waals surface area contributed by atoms with E-state index in [2.05, 4.69) is 9.97 Å². The molecule has 9 heteroatoms. The summed E-state index contributed by atoms with van der Waals surface area (Å²) in [4.78, 5) is 8.65. The molecule has 0 unspecified atom stereocenters. The van der Waals surface area contributed by atoms with Crippen molar-refractivity contribution >= 4 is 5.95 Å². The number of rotatable bonds is 5. The summed E-state index contributed by atoms with van der Waals surface area (Å²) in [5.74, 6) is 0.642. The minimum atomic E-state index is -0.679. The van der Waals surface area contributed by atoms with Crippen LogP contribution < -0.4 is 15.2 Å². The molecule has 2 aromatic rings. The zero-order valence-electron chi connectivity index (χ0n) is 17.6. The molecule has 2 saturated heterocycles. The lowest BCUT2D eigenvalue weighted by atomic mass is 9.90. The van der Waals surface area contributed by atoms with Crippen molar-refractivity contribution in [1.82, 2.24) is 9.97 Å². The van der Waals surface area contributed by atoms with Gasteiger partial charge in [-0.2, -0.15) is 4.98 Å². The molecule has 2 fully saturated rings. The fourth-order valence-electron chi connectivity index (χ4n) is 4.45. The van der Waals surface area contributed by atoms with Gasteiger partial charge in [0.1, 0.15) is 18.0 Å². The molecule has 0 radical (unpaired) electrons. The lowest BCUT2D eigenvalue weighted by Gasteiger charge is -2.35. The van der Waals surface area contributed by atoms with Crippen LogP contribution in [-0.2, 0) is 36.9 Å². The van der Waals surface area contributed by atoms with Crippen LogP contribution in [0, 0.1) is 0 Å². The molecular weight excluding hydrogens is 402 g/mol. The first-order valence-electron chi connectivity index (χ1n) is 10.6. The van der Waals surface area contributed by atoms with Gasteiger partial charge in [-0.15, -0.1) is 0 Å². The van der Waals surface area contributed by atoms with Crippen LogP contribution in [-0.4, -0.2) is 50.1 Å². The number of nitrogens with zero attached hydrogens (tertiary/aromatic N) is 2. The van der Waals surface area contributed by atoms with Crippen LogP contribution in [0.4, 0.5) is 5.95 Å². The predicted octanol–water partition coefficient (Wildman–Crippen LogP) is 2.27. The average molecular weight is 429 g/mol. The molecule has 1 aromatic heterocycles. The molecule has 166 valence electrons. The van der Waals surface area contributed by atoms with E-state index in [1.807, 2.05) is 18.2 Å². The highest BCUT2D eigenvalue weighted by atomic mass is 16.7. The van der Waals surface area contributed by atoms with Crippen molar-refractivity contribution in [3.8, 4) is 11.6 Å². The highest BCUT2D eigenvalue weighted by molar-refractivity contribution is 5.42. The van der Waals surface area contributed by atoms with Crippen molar-refractivity contribution in [2.24, 2.45) is 0 Å². The fourth-order valence-corrected chi connectivity index (χ4v) is 4.45. The second kappa shape index (κ2) is 8.23. The molecule has 3 aliphatic rings. The Morgan fingerprint density at radius 1 is 1.00 bits per heavy atom. The van der Waals surface area contributed by atoms with Crippen LogP contribution in [0.1, 0.15) is 36.1 Å². The van der Waals surface area contributed by atoms with Crippen LogP contribution >= 0.6 is 0 Å². The van der Waals surface area contributed by atoms with Crippen LogP contribution in [0.15, 0.2) is 24.3 Å². The van der Waals surface area contributed by atoms with E-state index >= 15 is 0 Å². The van der Waals surface area contributed by atoms with E-state index in [0.717, 1.165) is 16.9 Å². The Morgan fingerprint density at radius 3 is 2.58 bits per heavy atom. The fraction of sp³-hybridized carbons (Fsp3) is 0.545. The van der Waals surface area contributed by atoms with Crippen molar-refractivity contribution < 1.29 is 28.4 Å². The second-order valence-electron chi connectivity index (χ2n) is 7.93. The SMILES string of the molecule is COC1(c2cc(OCc3ccc4c(c3)OCCC43OCCO3)nc(N)n2)CCOCC1. The van der Waals surface area contributed by atoms with Crippen LogP contribution in [0.25, 0.3) is 0 Å². The maximum atomic E-state index is 5.97. The summed E-state index contributed by atoms with van der Waals surface area (Å²) in [7, 11) is 1.68. The van der Waals surface area contributed by atoms with E-state index in [9.17, 15) is 0 Å². The number of hydrogen-bond donors (Lipinski definition) is 1. The minimum absolute atomic E-state index is 0.154. The Hall–Kier alpha value is -2.46. The molecule has 1 aromatic carbocycles. The Labute approximate surface area is 180 Å². The van der Waals surface area contributed by atoms with Gasteiger partial charge >= 0.3 is 0 Å². The first-order chi connectivity index (χ1) is 15.1. The first kappa shape index (κ1) is 20.4. The molecule has 3 aliphatic heterocycles. The molecule has 31 heavy (non-hydrogen) atoms. The molecule has 9 nitrogen and oxygen atoms in total. The standard InChI is InChI=1S/C22H27N3O6/c1-26-21(4-7-27-8-5-21)18-13-19(25-20(23)24-18)29-14-15-2-3-16-17(12-15)28-9-6-22(16)30-10-11-31-22/h2-3,12-13H,4-11,14H2,1H3,(H2,23,24,25). The highest BCUT2D eigenvalue weighted by Crippen LogP contribution is 2.43. The second-order valence-corrected chi connectivity index (χ2v) is 7.93. The van der Waals surface area contributed by atoms with Gasteiger partial charge in [-0.3, -0.25) is 0 Å². The molecule has 0 saturated carbocycles. The number of aromatic nitrogens is 2. The van der Waals surface area contributed by atoms with Crippen LogP contribution in [0.2, 0.25) is 0 Å². The summed E-state index contributed by atoms with van der Waals surface area (Å²) < 4.78 is 34.9. The number of ether oxygens (including phenoxy) is 6. The number of methoxy groups -OCH3 is 1. The van der Waals surface area contributed by atoms with E-state index in [-0.39, 0.29) is 5.95 Å². The molecule has 4 heterocycles. The zero-order chi connectivity index (χ0) is 21.3. The van der Waals surface area contributed by atoms with Crippen molar-refractivity contribution in [2.75, 3.05) is 45.9 Å². The van der Waals surface area contributed by atoms with Crippen molar-refractivity contribution in [2.45, 2.75) is 37.3 Å². The third kappa shape index (κ3) is 3.82.